The van der Waals surface area contributed by atoms with Crippen LogP contribution in [0.25, 0.3) is 11.4 Å². The highest BCUT2D eigenvalue weighted by Crippen LogP contribution is 2.36. The number of carbonyl (C=O) groups excluding carboxylic acids is 1. The molecule has 1 amide bonds. The lowest BCUT2D eigenvalue weighted by Crippen LogP contribution is -2.12. The topological polar surface area (TPSA) is 96.5 Å². The molecule has 2 heterocycles. The Morgan fingerprint density at radius 3 is 2.84 bits per heavy atom. The minimum absolute atomic E-state index is 0.298. The molecule has 0 atom stereocenters. The van der Waals surface area contributed by atoms with Crippen LogP contribution in [0.5, 0.6) is 0 Å². The van der Waals surface area contributed by atoms with Crippen LogP contribution < -0.4 is 5.32 Å². The minimum Gasteiger partial charge on any atom is -0.322 e. The molecule has 158 valence electrons. The van der Waals surface area contributed by atoms with Crippen LogP contribution in [0.2, 0.25) is 5.02 Å². The summed E-state index contributed by atoms with van der Waals surface area (Å²) in [4.78, 5) is 17.4. The lowest BCUT2D eigenvalue weighted by atomic mass is 9.83. The normalized spacial score (nSPS) is 13.2. The lowest BCUT2D eigenvalue weighted by Gasteiger charge is -2.22. The fourth-order valence-electron chi connectivity index (χ4n) is 3.36. The molecule has 0 spiro atoms. The number of aromatic nitrogens is 5. The molecule has 0 aliphatic heterocycles. The number of benzene rings is 2. The number of rotatable bonds is 4. The van der Waals surface area contributed by atoms with E-state index >= 15 is 0 Å². The maximum absolute atomic E-state index is 12.7. The summed E-state index contributed by atoms with van der Waals surface area (Å²) in [6.45, 7) is 0. The number of H-pyrrole nitrogens is 1. The maximum atomic E-state index is 12.7. The standard InChI is InChI=1S/C23H17ClN6OS/c24-19-12-16(22-27-29-30-28-22)8-9-18(19)23(31)25-17-6-1-3-14(11-17)7-10-21-26-20(13-32-21)15-4-2-5-15/h1,3,6,8-9,11-13,15H,2,4-5H2,(H,25,31)(H,27,28,29,30). The number of aromatic amines is 1. The molecule has 1 aliphatic rings. The Labute approximate surface area is 193 Å². The van der Waals surface area contributed by atoms with Gasteiger partial charge in [-0.25, -0.2) is 4.98 Å². The third-order valence-electron chi connectivity index (χ3n) is 5.30. The first kappa shape index (κ1) is 20.4. The Kier molecular flexibility index (Phi) is 5.67. The van der Waals surface area contributed by atoms with Gasteiger partial charge in [-0.05, 0) is 54.3 Å². The Balaban J connectivity index is 1.29. The first-order valence-corrected chi connectivity index (χ1v) is 11.3. The Hall–Kier alpha value is -3.54. The molecule has 2 aromatic carbocycles. The molecule has 5 rings (SSSR count). The minimum atomic E-state index is -0.315. The number of anilines is 1. The van der Waals surface area contributed by atoms with Crippen LogP contribution in [0, 0.1) is 11.8 Å². The van der Waals surface area contributed by atoms with E-state index in [4.69, 9.17) is 11.6 Å². The van der Waals surface area contributed by atoms with Crippen molar-refractivity contribution in [2.24, 2.45) is 0 Å². The molecule has 4 aromatic rings. The molecule has 0 radical (unpaired) electrons. The van der Waals surface area contributed by atoms with Crippen molar-refractivity contribution in [3.8, 4) is 23.2 Å². The van der Waals surface area contributed by atoms with E-state index in [1.54, 1.807) is 29.5 Å². The van der Waals surface area contributed by atoms with Crippen molar-refractivity contribution in [1.29, 1.82) is 0 Å². The number of amides is 1. The van der Waals surface area contributed by atoms with Crippen molar-refractivity contribution in [3.63, 3.8) is 0 Å². The zero-order valence-corrected chi connectivity index (χ0v) is 18.4. The molecule has 1 aliphatic carbocycles. The molecule has 2 aromatic heterocycles. The third-order valence-corrected chi connectivity index (χ3v) is 6.39. The van der Waals surface area contributed by atoms with E-state index < -0.39 is 0 Å². The van der Waals surface area contributed by atoms with E-state index in [1.165, 1.54) is 19.3 Å². The molecular formula is C23H17ClN6OS. The number of carbonyl (C=O) groups is 1. The van der Waals surface area contributed by atoms with Crippen LogP contribution in [0.4, 0.5) is 5.69 Å². The predicted molar refractivity (Wildman–Crippen MR) is 124 cm³/mol. The summed E-state index contributed by atoms with van der Waals surface area (Å²) >= 11 is 7.90. The number of tetrazole rings is 1. The van der Waals surface area contributed by atoms with E-state index in [-0.39, 0.29) is 5.91 Å². The van der Waals surface area contributed by atoms with Gasteiger partial charge in [0.1, 0.15) is 0 Å². The number of nitrogens with one attached hydrogen (secondary N) is 2. The number of thiazole rings is 1. The second-order valence-electron chi connectivity index (χ2n) is 7.42. The van der Waals surface area contributed by atoms with Crippen LogP contribution in [0.3, 0.4) is 0 Å². The summed E-state index contributed by atoms with van der Waals surface area (Å²) in [6, 6.07) is 12.4. The highest BCUT2D eigenvalue weighted by molar-refractivity contribution is 7.10. The Morgan fingerprint density at radius 1 is 1.19 bits per heavy atom. The molecule has 2 N–H and O–H groups in total. The summed E-state index contributed by atoms with van der Waals surface area (Å²) in [5.74, 6) is 6.96. The van der Waals surface area contributed by atoms with Gasteiger partial charge >= 0.3 is 0 Å². The van der Waals surface area contributed by atoms with Crippen LogP contribution in [-0.4, -0.2) is 31.5 Å². The van der Waals surface area contributed by atoms with Crippen molar-refractivity contribution in [2.75, 3.05) is 5.32 Å². The summed E-state index contributed by atoms with van der Waals surface area (Å²) in [5.41, 5.74) is 3.60. The van der Waals surface area contributed by atoms with E-state index in [0.29, 0.717) is 33.6 Å². The monoisotopic (exact) mass is 460 g/mol. The van der Waals surface area contributed by atoms with Gasteiger partial charge in [0.05, 0.1) is 16.3 Å². The smallest absolute Gasteiger partial charge is 0.257 e. The quantitative estimate of drug-likeness (QED) is 0.422. The summed E-state index contributed by atoms with van der Waals surface area (Å²) in [6.07, 6.45) is 3.74. The first-order valence-electron chi connectivity index (χ1n) is 10.1. The maximum Gasteiger partial charge on any atom is 0.257 e. The van der Waals surface area contributed by atoms with Crippen molar-refractivity contribution in [3.05, 3.63) is 74.7 Å². The van der Waals surface area contributed by atoms with E-state index in [0.717, 1.165) is 16.3 Å². The lowest BCUT2D eigenvalue weighted by molar-refractivity contribution is 0.102. The molecule has 0 bridgehead atoms. The summed E-state index contributed by atoms with van der Waals surface area (Å²) in [7, 11) is 0. The van der Waals surface area contributed by atoms with Crippen molar-refractivity contribution in [1.82, 2.24) is 25.6 Å². The highest BCUT2D eigenvalue weighted by atomic mass is 35.5. The molecule has 0 unspecified atom stereocenters. The van der Waals surface area contributed by atoms with Crippen molar-refractivity contribution < 1.29 is 4.79 Å². The molecule has 9 heteroatoms. The van der Waals surface area contributed by atoms with Crippen LogP contribution >= 0.6 is 22.9 Å². The van der Waals surface area contributed by atoms with Gasteiger partial charge in [-0.15, -0.1) is 21.5 Å². The van der Waals surface area contributed by atoms with Gasteiger partial charge in [0, 0.05) is 28.1 Å². The Bertz CT molecular complexity index is 1330. The Morgan fingerprint density at radius 2 is 2.09 bits per heavy atom. The largest absolute Gasteiger partial charge is 0.322 e. The molecule has 1 saturated carbocycles. The van der Waals surface area contributed by atoms with Gasteiger partial charge in [-0.3, -0.25) is 4.79 Å². The number of hydrogen-bond donors (Lipinski definition) is 2. The fourth-order valence-corrected chi connectivity index (χ4v) is 4.37. The van der Waals surface area contributed by atoms with Crippen molar-refractivity contribution >= 4 is 34.5 Å². The van der Waals surface area contributed by atoms with Gasteiger partial charge in [-0.2, -0.15) is 5.21 Å². The highest BCUT2D eigenvalue weighted by Gasteiger charge is 2.21. The first-order chi connectivity index (χ1) is 15.7. The van der Waals surface area contributed by atoms with Crippen molar-refractivity contribution in [2.45, 2.75) is 25.2 Å². The molecule has 1 fully saturated rings. The van der Waals surface area contributed by atoms with Gasteiger partial charge in [0.15, 0.2) is 5.01 Å². The molecule has 0 saturated heterocycles. The SMILES string of the molecule is O=C(Nc1cccc(C#Cc2nc(C3CCC3)cs2)c1)c1ccc(-c2nn[nH]n2)cc1Cl. The number of hydrogen-bond acceptors (Lipinski definition) is 6. The van der Waals surface area contributed by atoms with Crippen LogP contribution in [0.15, 0.2) is 47.8 Å². The third kappa shape index (κ3) is 4.40. The molecule has 7 nitrogen and oxygen atoms in total. The zero-order valence-electron chi connectivity index (χ0n) is 16.8. The predicted octanol–water partition coefficient (Wildman–Crippen LogP) is 4.90. The second-order valence-corrected chi connectivity index (χ2v) is 8.69. The summed E-state index contributed by atoms with van der Waals surface area (Å²) < 4.78 is 0. The summed E-state index contributed by atoms with van der Waals surface area (Å²) in [5, 5.41) is 19.8. The zero-order chi connectivity index (χ0) is 21.9. The van der Waals surface area contributed by atoms with Crippen LogP contribution in [-0.2, 0) is 0 Å². The number of halogens is 1. The van der Waals surface area contributed by atoms with Crippen LogP contribution in [0.1, 0.15) is 51.8 Å². The van der Waals surface area contributed by atoms with Gasteiger partial charge in [0.25, 0.3) is 5.91 Å². The van der Waals surface area contributed by atoms with Gasteiger partial charge < -0.3 is 5.32 Å². The van der Waals surface area contributed by atoms with Gasteiger partial charge in [0.2, 0.25) is 5.82 Å². The van der Waals surface area contributed by atoms with E-state index in [9.17, 15) is 4.79 Å². The van der Waals surface area contributed by atoms with E-state index in [1.807, 2.05) is 24.3 Å². The molecular weight excluding hydrogens is 444 g/mol. The number of nitrogens with zero attached hydrogens (tertiary/aromatic N) is 4. The second kappa shape index (κ2) is 8.91. The average Bonchev–Trinajstić information content (AvgIpc) is 3.44. The molecule has 32 heavy (non-hydrogen) atoms. The van der Waals surface area contributed by atoms with Gasteiger partial charge in [-0.1, -0.05) is 36.1 Å². The fraction of sp³-hybridized carbons (Fsp3) is 0.174. The average molecular weight is 461 g/mol. The van der Waals surface area contributed by atoms with E-state index in [2.05, 4.69) is 48.1 Å².